The molecular formula is C22H29NO3. The predicted octanol–water partition coefficient (Wildman–Crippen LogP) is 4.37. The third-order valence-corrected chi connectivity index (χ3v) is 5.45. The number of amides is 1. The summed E-state index contributed by atoms with van der Waals surface area (Å²) in [6.45, 7) is 7.59. The fourth-order valence-corrected chi connectivity index (χ4v) is 3.78. The Morgan fingerprint density at radius 3 is 2.69 bits per heavy atom. The number of furan rings is 1. The highest BCUT2D eigenvalue weighted by Gasteiger charge is 2.41. The molecule has 1 amide bonds. The predicted molar refractivity (Wildman–Crippen MR) is 102 cm³/mol. The van der Waals surface area contributed by atoms with Gasteiger partial charge in [0.15, 0.2) is 0 Å². The Morgan fingerprint density at radius 2 is 2.04 bits per heavy atom. The van der Waals surface area contributed by atoms with Gasteiger partial charge < -0.3 is 14.5 Å². The highest BCUT2D eigenvalue weighted by Crippen LogP contribution is 2.42. The van der Waals surface area contributed by atoms with Gasteiger partial charge in [-0.15, -0.1) is 0 Å². The van der Waals surface area contributed by atoms with Gasteiger partial charge in [-0.2, -0.15) is 0 Å². The first kappa shape index (κ1) is 18.7. The summed E-state index contributed by atoms with van der Waals surface area (Å²) in [7, 11) is 0. The second-order valence-electron chi connectivity index (χ2n) is 7.79. The van der Waals surface area contributed by atoms with E-state index in [4.69, 9.17) is 9.15 Å². The van der Waals surface area contributed by atoms with Gasteiger partial charge in [0, 0.05) is 18.4 Å². The first-order valence-electron chi connectivity index (χ1n) is 9.46. The normalized spacial score (nSPS) is 23.2. The molecule has 0 saturated carbocycles. The van der Waals surface area contributed by atoms with E-state index in [1.807, 2.05) is 12.1 Å². The summed E-state index contributed by atoms with van der Waals surface area (Å²) < 4.78 is 11.3. The first-order valence-corrected chi connectivity index (χ1v) is 9.46. The van der Waals surface area contributed by atoms with Gasteiger partial charge in [0.1, 0.15) is 5.76 Å². The quantitative estimate of drug-likeness (QED) is 0.837. The number of benzene rings is 1. The Balaban J connectivity index is 1.78. The van der Waals surface area contributed by atoms with Crippen LogP contribution in [0.5, 0.6) is 0 Å². The van der Waals surface area contributed by atoms with Crippen molar-refractivity contribution in [2.75, 3.05) is 6.61 Å². The molecule has 2 heterocycles. The lowest BCUT2D eigenvalue weighted by molar-refractivity contribution is -0.125. The number of ether oxygens (including phenoxy) is 1. The summed E-state index contributed by atoms with van der Waals surface area (Å²) in [5.41, 5.74) is 2.30. The second-order valence-corrected chi connectivity index (χ2v) is 7.79. The fourth-order valence-electron chi connectivity index (χ4n) is 3.78. The first-order chi connectivity index (χ1) is 12.5. The molecule has 0 aliphatic carbocycles. The van der Waals surface area contributed by atoms with Crippen LogP contribution in [0.2, 0.25) is 0 Å². The van der Waals surface area contributed by atoms with E-state index in [1.165, 1.54) is 11.1 Å². The molecule has 3 rings (SSSR count). The smallest absolute Gasteiger partial charge is 0.221 e. The van der Waals surface area contributed by atoms with Crippen molar-refractivity contribution in [1.29, 1.82) is 0 Å². The molecule has 1 aliphatic rings. The lowest BCUT2D eigenvalue weighted by Gasteiger charge is -2.42. The molecule has 0 spiro atoms. The van der Waals surface area contributed by atoms with Crippen LogP contribution in [0.3, 0.4) is 0 Å². The third kappa shape index (κ3) is 4.36. The molecule has 0 bridgehead atoms. The van der Waals surface area contributed by atoms with Gasteiger partial charge in [-0.25, -0.2) is 0 Å². The number of aryl methyl sites for hydroxylation is 1. The molecule has 2 atom stereocenters. The molecule has 4 nitrogen and oxygen atoms in total. The highest BCUT2D eigenvalue weighted by atomic mass is 16.5. The van der Waals surface area contributed by atoms with Crippen molar-refractivity contribution < 1.29 is 13.9 Å². The molecular weight excluding hydrogens is 326 g/mol. The molecule has 0 unspecified atom stereocenters. The number of hydrogen-bond donors (Lipinski definition) is 1. The Morgan fingerprint density at radius 1 is 1.27 bits per heavy atom. The number of carbonyl (C=O) groups is 1. The Hall–Kier alpha value is -2.07. The van der Waals surface area contributed by atoms with E-state index in [1.54, 1.807) is 6.26 Å². The minimum atomic E-state index is -0.172. The van der Waals surface area contributed by atoms with Crippen LogP contribution in [0.4, 0.5) is 0 Å². The summed E-state index contributed by atoms with van der Waals surface area (Å²) >= 11 is 0. The Labute approximate surface area is 155 Å². The zero-order valence-electron chi connectivity index (χ0n) is 16.0. The van der Waals surface area contributed by atoms with Crippen molar-refractivity contribution in [1.82, 2.24) is 5.32 Å². The van der Waals surface area contributed by atoms with Gasteiger partial charge in [0.25, 0.3) is 0 Å². The average molecular weight is 355 g/mol. The summed E-state index contributed by atoms with van der Waals surface area (Å²) in [5.74, 6) is 1.27. The van der Waals surface area contributed by atoms with Crippen LogP contribution in [0.15, 0.2) is 47.1 Å². The van der Waals surface area contributed by atoms with Gasteiger partial charge >= 0.3 is 0 Å². The highest BCUT2D eigenvalue weighted by molar-refractivity contribution is 5.77. The van der Waals surface area contributed by atoms with E-state index in [9.17, 15) is 4.79 Å². The monoisotopic (exact) mass is 355 g/mol. The zero-order valence-corrected chi connectivity index (χ0v) is 16.0. The number of rotatable bonds is 6. The lowest BCUT2D eigenvalue weighted by atomic mass is 9.68. The maximum Gasteiger partial charge on any atom is 0.221 e. The maximum absolute atomic E-state index is 12.7. The molecule has 1 fully saturated rings. The van der Waals surface area contributed by atoms with Crippen molar-refractivity contribution >= 4 is 5.91 Å². The summed E-state index contributed by atoms with van der Waals surface area (Å²) in [4.78, 5) is 12.7. The van der Waals surface area contributed by atoms with Crippen LogP contribution in [0, 0.1) is 12.8 Å². The summed E-state index contributed by atoms with van der Waals surface area (Å²) in [5, 5.41) is 3.01. The largest absolute Gasteiger partial charge is 0.467 e. The minimum Gasteiger partial charge on any atom is -0.467 e. The van der Waals surface area contributed by atoms with E-state index < -0.39 is 0 Å². The number of carbonyl (C=O) groups excluding carboxylic acids is 1. The van der Waals surface area contributed by atoms with E-state index in [2.05, 4.69) is 50.4 Å². The van der Waals surface area contributed by atoms with Crippen molar-refractivity contribution in [3.8, 4) is 0 Å². The third-order valence-electron chi connectivity index (χ3n) is 5.45. The van der Waals surface area contributed by atoms with Gasteiger partial charge in [-0.3, -0.25) is 4.79 Å². The molecule has 0 radical (unpaired) electrons. The molecule has 1 aromatic heterocycles. The number of hydrogen-bond acceptors (Lipinski definition) is 3. The number of nitrogens with one attached hydrogen (secondary N) is 1. The van der Waals surface area contributed by atoms with Crippen LogP contribution < -0.4 is 5.32 Å². The SMILES string of the molecule is Cc1ccc([C@]2(CC(=O)NCc3ccco3)CCO[C@@H](C(C)C)C2)cc1. The molecule has 1 N–H and O–H groups in total. The molecule has 4 heteroatoms. The van der Waals surface area contributed by atoms with E-state index >= 15 is 0 Å². The van der Waals surface area contributed by atoms with Crippen molar-refractivity contribution in [2.45, 2.75) is 58.1 Å². The van der Waals surface area contributed by atoms with Crippen LogP contribution in [-0.2, 0) is 21.5 Å². The van der Waals surface area contributed by atoms with E-state index in [-0.39, 0.29) is 17.4 Å². The average Bonchev–Trinajstić information content (AvgIpc) is 3.14. The van der Waals surface area contributed by atoms with Crippen molar-refractivity contribution in [3.63, 3.8) is 0 Å². The minimum absolute atomic E-state index is 0.0615. The molecule has 26 heavy (non-hydrogen) atoms. The van der Waals surface area contributed by atoms with Crippen LogP contribution in [0.25, 0.3) is 0 Å². The molecule has 1 saturated heterocycles. The Kier molecular flexibility index (Phi) is 5.82. The molecule has 1 aromatic carbocycles. The fraction of sp³-hybridized carbons (Fsp3) is 0.500. The second kappa shape index (κ2) is 8.09. The maximum atomic E-state index is 12.7. The van der Waals surface area contributed by atoms with Gasteiger partial charge in [0.05, 0.1) is 18.9 Å². The topological polar surface area (TPSA) is 51.5 Å². The van der Waals surface area contributed by atoms with Crippen LogP contribution >= 0.6 is 0 Å². The molecule has 2 aromatic rings. The van der Waals surface area contributed by atoms with Gasteiger partial charge in [-0.1, -0.05) is 43.7 Å². The van der Waals surface area contributed by atoms with Gasteiger partial charge in [-0.05, 0) is 43.4 Å². The molecule has 1 aliphatic heterocycles. The van der Waals surface area contributed by atoms with Crippen molar-refractivity contribution in [2.24, 2.45) is 5.92 Å². The van der Waals surface area contributed by atoms with E-state index in [0.717, 1.165) is 18.6 Å². The summed E-state index contributed by atoms with van der Waals surface area (Å²) in [6.07, 6.45) is 4.03. The zero-order chi connectivity index (χ0) is 18.6. The van der Waals surface area contributed by atoms with Crippen LogP contribution in [-0.4, -0.2) is 18.6 Å². The van der Waals surface area contributed by atoms with E-state index in [0.29, 0.717) is 25.5 Å². The van der Waals surface area contributed by atoms with Gasteiger partial charge in [0.2, 0.25) is 5.91 Å². The van der Waals surface area contributed by atoms with Crippen molar-refractivity contribution in [3.05, 3.63) is 59.5 Å². The molecule has 140 valence electrons. The standard InChI is InChI=1S/C22H29NO3/c1-16(2)20-13-22(10-12-26-20,18-8-6-17(3)7-9-18)14-21(24)23-15-19-5-4-11-25-19/h4-9,11,16,20H,10,12-15H2,1-3H3,(H,23,24)/t20-,22-/m1/s1. The Bertz CT molecular complexity index is 705. The summed E-state index contributed by atoms with van der Waals surface area (Å²) in [6, 6.07) is 12.3. The van der Waals surface area contributed by atoms with Crippen LogP contribution in [0.1, 0.15) is 50.0 Å². The lowest BCUT2D eigenvalue weighted by Crippen LogP contribution is -2.44.